The Balaban J connectivity index is 1.97. The van der Waals surface area contributed by atoms with Gasteiger partial charge >= 0.3 is 0 Å². The molecule has 0 bridgehead atoms. The van der Waals surface area contributed by atoms with Gasteiger partial charge < -0.3 is 4.90 Å². The molecular formula is C10H15NO. The molecule has 1 saturated carbocycles. The van der Waals surface area contributed by atoms with E-state index in [1.807, 2.05) is 4.90 Å². The summed E-state index contributed by atoms with van der Waals surface area (Å²) in [5.41, 5.74) is 0.526. The fraction of sp³-hybridized carbons (Fsp3) is 0.700. The summed E-state index contributed by atoms with van der Waals surface area (Å²) >= 11 is 0. The van der Waals surface area contributed by atoms with Crippen LogP contribution >= 0.6 is 0 Å². The summed E-state index contributed by atoms with van der Waals surface area (Å²) < 4.78 is 0. The van der Waals surface area contributed by atoms with Crippen LogP contribution in [-0.4, -0.2) is 23.9 Å². The van der Waals surface area contributed by atoms with Gasteiger partial charge in [0.15, 0.2) is 0 Å². The molecule has 2 rings (SSSR count). The zero-order valence-electron chi connectivity index (χ0n) is 7.38. The highest BCUT2D eigenvalue weighted by Crippen LogP contribution is 2.47. The Kier molecular flexibility index (Phi) is 1.71. The molecule has 0 radical (unpaired) electrons. The van der Waals surface area contributed by atoms with E-state index in [2.05, 4.69) is 6.58 Å². The Morgan fingerprint density at radius 2 is 2.17 bits per heavy atom. The van der Waals surface area contributed by atoms with Gasteiger partial charge in [0.1, 0.15) is 0 Å². The lowest BCUT2D eigenvalue weighted by atomic mass is 9.68. The fourth-order valence-corrected chi connectivity index (χ4v) is 2.34. The third kappa shape index (κ3) is 1.06. The van der Waals surface area contributed by atoms with Gasteiger partial charge in [0, 0.05) is 13.1 Å². The number of hydrogen-bond donors (Lipinski definition) is 0. The molecule has 0 aromatic rings. The molecule has 12 heavy (non-hydrogen) atoms. The summed E-state index contributed by atoms with van der Waals surface area (Å²) in [6.07, 6.45) is 6.65. The molecule has 1 aliphatic heterocycles. The predicted octanol–water partition coefficient (Wildman–Crippen LogP) is 1.57. The lowest BCUT2D eigenvalue weighted by Crippen LogP contribution is -2.35. The molecule has 0 aromatic heterocycles. The van der Waals surface area contributed by atoms with Crippen LogP contribution in [0.1, 0.15) is 25.7 Å². The maximum absolute atomic E-state index is 11.2. The van der Waals surface area contributed by atoms with Gasteiger partial charge in [-0.05, 0) is 30.8 Å². The number of amides is 1. The molecule has 66 valence electrons. The van der Waals surface area contributed by atoms with Crippen LogP contribution in [0.4, 0.5) is 0 Å². The molecular weight excluding hydrogens is 150 g/mol. The van der Waals surface area contributed by atoms with Crippen molar-refractivity contribution in [3.05, 3.63) is 12.7 Å². The molecule has 0 unspecified atom stereocenters. The number of rotatable bonds is 1. The minimum absolute atomic E-state index is 0.110. The summed E-state index contributed by atoms with van der Waals surface area (Å²) in [7, 11) is 0. The van der Waals surface area contributed by atoms with Crippen LogP contribution in [0.25, 0.3) is 0 Å². The van der Waals surface area contributed by atoms with Crippen LogP contribution in [0.15, 0.2) is 12.7 Å². The van der Waals surface area contributed by atoms with Crippen LogP contribution in [0.3, 0.4) is 0 Å². The average Bonchev–Trinajstić information content (AvgIpc) is 2.46. The zero-order valence-corrected chi connectivity index (χ0v) is 7.38. The molecule has 0 N–H and O–H groups in total. The van der Waals surface area contributed by atoms with Crippen LogP contribution < -0.4 is 0 Å². The first-order valence-corrected chi connectivity index (χ1v) is 4.67. The van der Waals surface area contributed by atoms with Crippen molar-refractivity contribution in [2.24, 2.45) is 5.41 Å². The molecule has 1 heterocycles. The summed E-state index contributed by atoms with van der Waals surface area (Å²) in [5.74, 6) is 0.110. The van der Waals surface area contributed by atoms with E-state index in [9.17, 15) is 4.79 Å². The Morgan fingerprint density at radius 1 is 1.42 bits per heavy atom. The average molecular weight is 165 g/mol. The van der Waals surface area contributed by atoms with Crippen molar-refractivity contribution in [2.75, 3.05) is 13.1 Å². The molecule has 2 fully saturated rings. The Hall–Kier alpha value is -0.790. The molecule has 0 aromatic carbocycles. The van der Waals surface area contributed by atoms with Gasteiger partial charge in [-0.3, -0.25) is 4.79 Å². The SMILES string of the molecule is C=CC(=O)N1CCC2(CCC2)C1. The van der Waals surface area contributed by atoms with Crippen molar-refractivity contribution in [3.8, 4) is 0 Å². The number of carbonyl (C=O) groups excluding carboxylic acids is 1. The molecule has 2 aliphatic rings. The van der Waals surface area contributed by atoms with E-state index in [0.29, 0.717) is 5.41 Å². The largest absolute Gasteiger partial charge is 0.339 e. The van der Waals surface area contributed by atoms with Crippen LogP contribution in [0.2, 0.25) is 0 Å². The molecule has 1 amide bonds. The predicted molar refractivity (Wildman–Crippen MR) is 47.7 cm³/mol. The fourth-order valence-electron chi connectivity index (χ4n) is 2.34. The molecule has 2 heteroatoms. The maximum atomic E-state index is 11.2. The number of likely N-dealkylation sites (tertiary alicyclic amines) is 1. The van der Waals surface area contributed by atoms with E-state index in [0.717, 1.165) is 13.1 Å². The van der Waals surface area contributed by atoms with E-state index in [-0.39, 0.29) is 5.91 Å². The monoisotopic (exact) mass is 165 g/mol. The standard InChI is InChI=1S/C10H15NO/c1-2-9(12)11-7-6-10(8-11)4-3-5-10/h2H,1,3-8H2. The summed E-state index contributed by atoms with van der Waals surface area (Å²) in [4.78, 5) is 13.2. The number of hydrogen-bond acceptors (Lipinski definition) is 1. The Bertz CT molecular complexity index is 218. The first-order valence-electron chi connectivity index (χ1n) is 4.67. The molecule has 1 saturated heterocycles. The molecule has 0 atom stereocenters. The van der Waals surface area contributed by atoms with E-state index in [1.165, 1.54) is 31.8 Å². The highest BCUT2D eigenvalue weighted by Gasteiger charge is 2.43. The van der Waals surface area contributed by atoms with E-state index >= 15 is 0 Å². The van der Waals surface area contributed by atoms with E-state index in [1.54, 1.807) is 0 Å². The maximum Gasteiger partial charge on any atom is 0.245 e. The van der Waals surface area contributed by atoms with Crippen molar-refractivity contribution < 1.29 is 4.79 Å². The minimum atomic E-state index is 0.110. The third-order valence-corrected chi connectivity index (χ3v) is 3.34. The topological polar surface area (TPSA) is 20.3 Å². The quantitative estimate of drug-likeness (QED) is 0.540. The molecule has 1 aliphatic carbocycles. The Morgan fingerprint density at radius 3 is 2.58 bits per heavy atom. The first kappa shape index (κ1) is 7.84. The highest BCUT2D eigenvalue weighted by molar-refractivity contribution is 5.87. The second-order valence-electron chi connectivity index (χ2n) is 4.07. The van der Waals surface area contributed by atoms with Crippen molar-refractivity contribution in [1.82, 2.24) is 4.90 Å². The highest BCUT2D eigenvalue weighted by atomic mass is 16.2. The zero-order chi connectivity index (χ0) is 8.60. The van der Waals surface area contributed by atoms with Crippen molar-refractivity contribution >= 4 is 5.91 Å². The Labute approximate surface area is 73.2 Å². The normalized spacial score (nSPS) is 25.5. The number of carbonyl (C=O) groups is 1. The van der Waals surface area contributed by atoms with Crippen molar-refractivity contribution in [3.63, 3.8) is 0 Å². The summed E-state index contributed by atoms with van der Waals surface area (Å²) in [6, 6.07) is 0. The van der Waals surface area contributed by atoms with Crippen LogP contribution in [0.5, 0.6) is 0 Å². The summed E-state index contributed by atoms with van der Waals surface area (Å²) in [6.45, 7) is 5.44. The second kappa shape index (κ2) is 2.61. The van der Waals surface area contributed by atoms with Crippen molar-refractivity contribution in [2.45, 2.75) is 25.7 Å². The van der Waals surface area contributed by atoms with Gasteiger partial charge in [-0.2, -0.15) is 0 Å². The van der Waals surface area contributed by atoms with Crippen molar-refractivity contribution in [1.29, 1.82) is 0 Å². The van der Waals surface area contributed by atoms with E-state index in [4.69, 9.17) is 0 Å². The van der Waals surface area contributed by atoms with Gasteiger partial charge in [-0.15, -0.1) is 0 Å². The van der Waals surface area contributed by atoms with Crippen LogP contribution in [-0.2, 0) is 4.79 Å². The van der Waals surface area contributed by atoms with Gasteiger partial charge in [0.2, 0.25) is 5.91 Å². The minimum Gasteiger partial charge on any atom is -0.339 e. The molecule has 2 nitrogen and oxygen atoms in total. The summed E-state index contributed by atoms with van der Waals surface area (Å²) in [5, 5.41) is 0. The van der Waals surface area contributed by atoms with Gasteiger partial charge in [-0.1, -0.05) is 13.0 Å². The van der Waals surface area contributed by atoms with Gasteiger partial charge in [0.05, 0.1) is 0 Å². The first-order chi connectivity index (χ1) is 5.76. The van der Waals surface area contributed by atoms with E-state index < -0.39 is 0 Å². The lowest BCUT2D eigenvalue weighted by Gasteiger charge is -2.37. The lowest BCUT2D eigenvalue weighted by molar-refractivity contribution is -0.125. The van der Waals surface area contributed by atoms with Crippen LogP contribution in [0, 0.1) is 5.41 Å². The smallest absolute Gasteiger partial charge is 0.245 e. The molecule has 1 spiro atoms. The van der Waals surface area contributed by atoms with Gasteiger partial charge in [-0.25, -0.2) is 0 Å². The third-order valence-electron chi connectivity index (χ3n) is 3.34. The second-order valence-corrected chi connectivity index (χ2v) is 4.07. The van der Waals surface area contributed by atoms with Gasteiger partial charge in [0.25, 0.3) is 0 Å². The number of nitrogens with zero attached hydrogens (tertiary/aromatic N) is 1.